The summed E-state index contributed by atoms with van der Waals surface area (Å²) in [7, 11) is 0. The first-order valence-electron chi connectivity index (χ1n) is 8.49. The van der Waals surface area contributed by atoms with E-state index >= 15 is 0 Å². The number of nitrogens with zero attached hydrogens (tertiary/aromatic N) is 2. The van der Waals surface area contributed by atoms with Crippen LogP contribution in [0.3, 0.4) is 0 Å². The number of carboxylic acid groups (broad SMARTS) is 1. The summed E-state index contributed by atoms with van der Waals surface area (Å²) in [4.78, 5) is 28.6. The van der Waals surface area contributed by atoms with Crippen molar-refractivity contribution in [3.63, 3.8) is 0 Å². The molecule has 1 aromatic heterocycles. The van der Waals surface area contributed by atoms with Crippen molar-refractivity contribution in [2.24, 2.45) is 11.8 Å². The Morgan fingerprint density at radius 1 is 1.35 bits per heavy atom. The third kappa shape index (κ3) is 3.92. The first-order chi connectivity index (χ1) is 12.5. The van der Waals surface area contributed by atoms with E-state index in [4.69, 9.17) is 5.11 Å². The standard InChI is InChI=1S/C19H19N3O3S/c1-11-4-2-5-12(8-11)16-15(10-20)26-19(21-16)22-17(23)13-6-3-7-14(9-13)18(24)25/h2,4-5,8,13-14H,3,6-7,9H2,1H3,(H,24,25)(H,21,22,23)/t13-,14+/m0/s1. The topological polar surface area (TPSA) is 103 Å². The van der Waals surface area contributed by atoms with E-state index in [0.717, 1.165) is 28.9 Å². The van der Waals surface area contributed by atoms with Crippen LogP contribution in [0.2, 0.25) is 0 Å². The molecule has 0 unspecified atom stereocenters. The number of amides is 1. The van der Waals surface area contributed by atoms with E-state index in [1.54, 1.807) is 0 Å². The fraction of sp³-hybridized carbons (Fsp3) is 0.368. The number of hydrogen-bond acceptors (Lipinski definition) is 5. The quantitative estimate of drug-likeness (QED) is 0.853. The molecule has 2 atom stereocenters. The largest absolute Gasteiger partial charge is 0.481 e. The summed E-state index contributed by atoms with van der Waals surface area (Å²) in [5.41, 5.74) is 2.46. The van der Waals surface area contributed by atoms with Crippen molar-refractivity contribution in [3.05, 3.63) is 34.7 Å². The predicted octanol–water partition coefficient (Wildman–Crippen LogP) is 3.82. The van der Waals surface area contributed by atoms with Crippen molar-refractivity contribution < 1.29 is 14.7 Å². The molecule has 26 heavy (non-hydrogen) atoms. The Hall–Kier alpha value is -2.72. The Morgan fingerprint density at radius 3 is 2.81 bits per heavy atom. The average Bonchev–Trinajstić information content (AvgIpc) is 3.04. The number of anilines is 1. The molecule has 0 radical (unpaired) electrons. The van der Waals surface area contributed by atoms with Crippen molar-refractivity contribution in [3.8, 4) is 17.3 Å². The minimum atomic E-state index is -0.842. The number of hydrogen-bond donors (Lipinski definition) is 2. The van der Waals surface area contributed by atoms with Crippen molar-refractivity contribution in [2.45, 2.75) is 32.6 Å². The van der Waals surface area contributed by atoms with Gasteiger partial charge in [-0.1, -0.05) is 41.5 Å². The highest BCUT2D eigenvalue weighted by molar-refractivity contribution is 7.16. The van der Waals surface area contributed by atoms with Gasteiger partial charge in [-0.15, -0.1) is 0 Å². The minimum absolute atomic E-state index is 0.218. The molecule has 1 aliphatic rings. The highest BCUT2D eigenvalue weighted by Gasteiger charge is 2.31. The Morgan fingerprint density at radius 2 is 2.12 bits per heavy atom. The van der Waals surface area contributed by atoms with E-state index in [0.29, 0.717) is 35.0 Å². The Bertz CT molecular complexity index is 884. The maximum absolute atomic E-state index is 12.5. The number of carbonyl (C=O) groups is 2. The summed E-state index contributed by atoms with van der Waals surface area (Å²) in [6.07, 6.45) is 2.37. The van der Waals surface area contributed by atoms with Crippen LogP contribution in [0.15, 0.2) is 24.3 Å². The van der Waals surface area contributed by atoms with E-state index in [9.17, 15) is 14.9 Å². The summed E-state index contributed by atoms with van der Waals surface area (Å²) in [6.45, 7) is 1.96. The van der Waals surface area contributed by atoms with Gasteiger partial charge in [0, 0.05) is 11.5 Å². The number of aliphatic carboxylic acids is 1. The molecule has 2 aromatic rings. The molecule has 7 heteroatoms. The van der Waals surface area contributed by atoms with Crippen LogP contribution in [-0.4, -0.2) is 22.0 Å². The van der Waals surface area contributed by atoms with Gasteiger partial charge in [-0.25, -0.2) is 4.98 Å². The molecule has 6 nitrogen and oxygen atoms in total. The number of carbonyl (C=O) groups excluding carboxylic acids is 1. The van der Waals surface area contributed by atoms with Crippen LogP contribution < -0.4 is 5.32 Å². The smallest absolute Gasteiger partial charge is 0.306 e. The fourth-order valence-corrected chi connectivity index (χ4v) is 4.08. The Labute approximate surface area is 155 Å². The van der Waals surface area contributed by atoms with E-state index in [1.807, 2.05) is 31.2 Å². The summed E-state index contributed by atoms with van der Waals surface area (Å²) in [5.74, 6) is -1.86. The third-order valence-corrected chi connectivity index (χ3v) is 5.52. The molecule has 0 bridgehead atoms. The van der Waals surface area contributed by atoms with Crippen molar-refractivity contribution in [1.29, 1.82) is 5.26 Å². The third-order valence-electron chi connectivity index (χ3n) is 4.64. The molecule has 1 aliphatic carbocycles. The average molecular weight is 369 g/mol. The van der Waals surface area contributed by atoms with E-state index < -0.39 is 11.9 Å². The molecular weight excluding hydrogens is 350 g/mol. The molecular formula is C19H19N3O3S. The predicted molar refractivity (Wildman–Crippen MR) is 98.7 cm³/mol. The van der Waals surface area contributed by atoms with E-state index in [2.05, 4.69) is 16.4 Å². The number of carboxylic acids is 1. The first kappa shape index (κ1) is 18.1. The van der Waals surface area contributed by atoms with Gasteiger partial charge in [0.2, 0.25) is 5.91 Å². The molecule has 0 saturated heterocycles. The molecule has 1 amide bonds. The Balaban J connectivity index is 1.77. The zero-order valence-electron chi connectivity index (χ0n) is 14.4. The monoisotopic (exact) mass is 369 g/mol. The molecule has 1 saturated carbocycles. The maximum Gasteiger partial charge on any atom is 0.306 e. The lowest BCUT2D eigenvalue weighted by Crippen LogP contribution is -2.30. The maximum atomic E-state index is 12.5. The zero-order valence-corrected chi connectivity index (χ0v) is 15.2. The van der Waals surface area contributed by atoms with Gasteiger partial charge >= 0.3 is 5.97 Å². The number of rotatable bonds is 4. The lowest BCUT2D eigenvalue weighted by Gasteiger charge is -2.25. The summed E-state index contributed by atoms with van der Waals surface area (Å²) < 4.78 is 0. The fourth-order valence-electron chi connectivity index (χ4n) is 3.30. The van der Waals surface area contributed by atoms with Crippen LogP contribution in [0.1, 0.15) is 36.1 Å². The van der Waals surface area contributed by atoms with Crippen LogP contribution in [-0.2, 0) is 9.59 Å². The number of nitriles is 1. The molecule has 1 heterocycles. The lowest BCUT2D eigenvalue weighted by molar-refractivity contribution is -0.143. The molecule has 134 valence electrons. The van der Waals surface area contributed by atoms with Crippen LogP contribution in [0.4, 0.5) is 5.13 Å². The molecule has 3 rings (SSSR count). The highest BCUT2D eigenvalue weighted by atomic mass is 32.1. The summed E-state index contributed by atoms with van der Waals surface area (Å²) in [5, 5.41) is 21.7. The number of aromatic nitrogens is 1. The van der Waals surface area contributed by atoms with Crippen molar-refractivity contribution >= 4 is 28.3 Å². The normalized spacial score (nSPS) is 19.5. The number of aryl methyl sites for hydroxylation is 1. The van der Waals surface area contributed by atoms with Gasteiger partial charge in [-0.3, -0.25) is 9.59 Å². The second-order valence-electron chi connectivity index (χ2n) is 6.57. The minimum Gasteiger partial charge on any atom is -0.481 e. The molecule has 2 N–H and O–H groups in total. The molecule has 1 aromatic carbocycles. The van der Waals surface area contributed by atoms with Gasteiger partial charge in [0.05, 0.1) is 5.92 Å². The lowest BCUT2D eigenvalue weighted by atomic mass is 9.81. The first-order valence-corrected chi connectivity index (χ1v) is 9.31. The van der Waals surface area contributed by atoms with Crippen molar-refractivity contribution in [2.75, 3.05) is 5.32 Å². The van der Waals surface area contributed by atoms with E-state index in [1.165, 1.54) is 0 Å². The van der Waals surface area contributed by atoms with Crippen LogP contribution in [0.5, 0.6) is 0 Å². The second-order valence-corrected chi connectivity index (χ2v) is 7.57. The van der Waals surface area contributed by atoms with Crippen LogP contribution in [0.25, 0.3) is 11.3 Å². The number of benzene rings is 1. The second kappa shape index (κ2) is 7.67. The molecule has 0 spiro atoms. The van der Waals surface area contributed by atoms with Crippen LogP contribution >= 0.6 is 11.3 Å². The van der Waals surface area contributed by atoms with Crippen LogP contribution in [0, 0.1) is 30.1 Å². The van der Waals surface area contributed by atoms with Gasteiger partial charge in [0.15, 0.2) is 5.13 Å². The van der Waals surface area contributed by atoms with Gasteiger partial charge in [0.25, 0.3) is 0 Å². The number of thiazole rings is 1. The van der Waals surface area contributed by atoms with Gasteiger partial charge in [0.1, 0.15) is 16.6 Å². The highest BCUT2D eigenvalue weighted by Crippen LogP contribution is 2.33. The summed E-state index contributed by atoms with van der Waals surface area (Å²) in [6, 6.07) is 9.83. The van der Waals surface area contributed by atoms with Gasteiger partial charge in [-0.05, 0) is 32.3 Å². The van der Waals surface area contributed by atoms with E-state index in [-0.39, 0.29) is 11.8 Å². The molecule has 0 aliphatic heterocycles. The molecule has 1 fully saturated rings. The van der Waals surface area contributed by atoms with Crippen molar-refractivity contribution in [1.82, 2.24) is 4.98 Å². The number of nitrogens with one attached hydrogen (secondary N) is 1. The SMILES string of the molecule is Cc1cccc(-c2nc(NC(=O)[C@H]3CCC[C@@H](C(=O)O)C3)sc2C#N)c1. The van der Waals surface area contributed by atoms with Gasteiger partial charge in [-0.2, -0.15) is 5.26 Å². The Kier molecular flexibility index (Phi) is 5.33. The zero-order chi connectivity index (χ0) is 18.7. The van der Waals surface area contributed by atoms with Gasteiger partial charge < -0.3 is 10.4 Å². The summed E-state index contributed by atoms with van der Waals surface area (Å²) >= 11 is 1.14.